The van der Waals surface area contributed by atoms with Crippen LogP contribution in [0.1, 0.15) is 77.6 Å². The maximum Gasteiger partial charge on any atom is 0.0618 e. The minimum atomic E-state index is -0.181. The van der Waals surface area contributed by atoms with Gasteiger partial charge < -0.3 is 10.8 Å². The zero-order chi connectivity index (χ0) is 14.9. The van der Waals surface area contributed by atoms with Crippen LogP contribution < -0.4 is 5.73 Å². The number of unbranched alkanes of at least 4 members (excludes halogenated alkanes) is 9. The zero-order valence-corrected chi connectivity index (χ0v) is 13.4. The van der Waals surface area contributed by atoms with Crippen molar-refractivity contribution < 1.29 is 5.11 Å². The fourth-order valence-electron chi connectivity index (χ4n) is 2.13. The van der Waals surface area contributed by atoms with Gasteiger partial charge in [0.15, 0.2) is 0 Å². The Kier molecular flexibility index (Phi) is 16.0. The van der Waals surface area contributed by atoms with Crippen LogP contribution in [0.3, 0.4) is 0 Å². The molecule has 0 radical (unpaired) electrons. The normalized spacial score (nSPS) is 13.6. The van der Waals surface area contributed by atoms with Gasteiger partial charge in [0.25, 0.3) is 0 Å². The quantitative estimate of drug-likeness (QED) is 0.357. The lowest BCUT2D eigenvalue weighted by Crippen LogP contribution is -2.20. The van der Waals surface area contributed by atoms with E-state index in [0.717, 1.165) is 6.42 Å². The topological polar surface area (TPSA) is 46.2 Å². The fourth-order valence-corrected chi connectivity index (χ4v) is 2.13. The second kappa shape index (κ2) is 16.5. The van der Waals surface area contributed by atoms with Gasteiger partial charge in [0.2, 0.25) is 0 Å². The molecule has 0 rings (SSSR count). The molecule has 0 fully saturated rings. The molecule has 0 amide bonds. The number of aliphatic hydroxyl groups is 1. The minimum absolute atomic E-state index is 0.0441. The van der Waals surface area contributed by atoms with E-state index in [0.29, 0.717) is 0 Å². The molecule has 20 heavy (non-hydrogen) atoms. The van der Waals surface area contributed by atoms with Gasteiger partial charge in [-0.3, -0.25) is 0 Å². The maximum absolute atomic E-state index is 8.76. The molecule has 0 aliphatic carbocycles. The van der Waals surface area contributed by atoms with Gasteiger partial charge in [-0.25, -0.2) is 0 Å². The summed E-state index contributed by atoms with van der Waals surface area (Å²) in [6.07, 6.45) is 22.9. The lowest BCUT2D eigenvalue weighted by atomic mass is 10.1. The first-order valence-electron chi connectivity index (χ1n) is 8.49. The molecule has 0 aromatic heterocycles. The first-order chi connectivity index (χ1) is 9.81. The Balaban J connectivity index is 3.15. The van der Waals surface area contributed by atoms with E-state index >= 15 is 0 Å². The number of rotatable bonds is 14. The SMILES string of the molecule is CCCCC/C=C\CCCCCCC/C=C/[C@@H](N)CO. The summed E-state index contributed by atoms with van der Waals surface area (Å²) in [5.41, 5.74) is 5.58. The van der Waals surface area contributed by atoms with Crippen LogP contribution in [0, 0.1) is 0 Å². The molecule has 0 bridgehead atoms. The molecule has 0 aliphatic heterocycles. The second-order valence-electron chi connectivity index (χ2n) is 5.59. The summed E-state index contributed by atoms with van der Waals surface area (Å²) < 4.78 is 0. The van der Waals surface area contributed by atoms with Crippen molar-refractivity contribution in [3.63, 3.8) is 0 Å². The smallest absolute Gasteiger partial charge is 0.0618 e. The average molecular weight is 281 g/mol. The Morgan fingerprint density at radius 2 is 1.30 bits per heavy atom. The summed E-state index contributed by atoms with van der Waals surface area (Å²) in [7, 11) is 0. The molecule has 0 heterocycles. The number of hydrogen-bond donors (Lipinski definition) is 2. The average Bonchev–Trinajstić information content (AvgIpc) is 2.47. The van der Waals surface area contributed by atoms with Crippen molar-refractivity contribution in [1.82, 2.24) is 0 Å². The highest BCUT2D eigenvalue weighted by Crippen LogP contribution is 2.08. The zero-order valence-electron chi connectivity index (χ0n) is 13.4. The van der Waals surface area contributed by atoms with Crippen molar-refractivity contribution in [3.8, 4) is 0 Å². The standard InChI is InChI=1S/C18H35NO/c1-2-3-4-5-6-7-8-9-10-11-12-13-14-15-16-18(19)17-20/h6-7,15-16,18,20H,2-5,8-14,17,19H2,1H3/b7-6-,16-15+/t18-/m1/s1. The third-order valence-electron chi connectivity index (χ3n) is 3.48. The van der Waals surface area contributed by atoms with Crippen molar-refractivity contribution in [2.24, 2.45) is 5.73 Å². The van der Waals surface area contributed by atoms with E-state index in [4.69, 9.17) is 10.8 Å². The fraction of sp³-hybridized carbons (Fsp3) is 0.778. The summed E-state index contributed by atoms with van der Waals surface area (Å²) in [6.45, 7) is 2.29. The van der Waals surface area contributed by atoms with Gasteiger partial charge in [0, 0.05) is 6.04 Å². The molecular formula is C18H35NO. The van der Waals surface area contributed by atoms with Crippen molar-refractivity contribution in [2.75, 3.05) is 6.61 Å². The number of nitrogens with two attached hydrogens (primary N) is 1. The number of hydrogen-bond acceptors (Lipinski definition) is 2. The van der Waals surface area contributed by atoms with Gasteiger partial charge in [-0.15, -0.1) is 0 Å². The molecule has 118 valence electrons. The van der Waals surface area contributed by atoms with Crippen LogP contribution in [0.2, 0.25) is 0 Å². The van der Waals surface area contributed by atoms with Crippen molar-refractivity contribution in [1.29, 1.82) is 0 Å². The Bertz CT molecular complexity index is 236. The van der Waals surface area contributed by atoms with E-state index in [-0.39, 0.29) is 12.6 Å². The first-order valence-corrected chi connectivity index (χ1v) is 8.49. The summed E-state index contributed by atoms with van der Waals surface area (Å²) in [6, 6.07) is -0.181. The summed E-state index contributed by atoms with van der Waals surface area (Å²) in [5.74, 6) is 0. The van der Waals surface area contributed by atoms with Gasteiger partial charge >= 0.3 is 0 Å². The van der Waals surface area contributed by atoms with Crippen LogP contribution >= 0.6 is 0 Å². The van der Waals surface area contributed by atoms with Gasteiger partial charge in [0.05, 0.1) is 6.61 Å². The Labute approximate surface area is 126 Å². The first kappa shape index (κ1) is 19.4. The van der Waals surface area contributed by atoms with Gasteiger partial charge in [0.1, 0.15) is 0 Å². The largest absolute Gasteiger partial charge is 0.394 e. The van der Waals surface area contributed by atoms with Gasteiger partial charge in [-0.1, -0.05) is 63.3 Å². The Morgan fingerprint density at radius 1 is 0.800 bits per heavy atom. The molecular weight excluding hydrogens is 246 g/mol. The molecule has 3 N–H and O–H groups in total. The molecule has 0 spiro atoms. The Morgan fingerprint density at radius 3 is 1.85 bits per heavy atom. The molecule has 0 aromatic rings. The highest BCUT2D eigenvalue weighted by Gasteiger charge is 1.92. The molecule has 0 saturated carbocycles. The maximum atomic E-state index is 8.76. The lowest BCUT2D eigenvalue weighted by Gasteiger charge is -2.00. The van der Waals surface area contributed by atoms with E-state index in [1.807, 2.05) is 6.08 Å². The van der Waals surface area contributed by atoms with Crippen LogP contribution in [0.15, 0.2) is 24.3 Å². The van der Waals surface area contributed by atoms with E-state index < -0.39 is 0 Å². The molecule has 2 heteroatoms. The summed E-state index contributed by atoms with van der Waals surface area (Å²) in [4.78, 5) is 0. The molecule has 1 atom stereocenters. The summed E-state index contributed by atoms with van der Waals surface area (Å²) in [5, 5.41) is 8.76. The van der Waals surface area contributed by atoms with Crippen molar-refractivity contribution >= 4 is 0 Å². The third kappa shape index (κ3) is 15.5. The van der Waals surface area contributed by atoms with Crippen LogP contribution in [-0.2, 0) is 0 Å². The van der Waals surface area contributed by atoms with Crippen LogP contribution in [0.4, 0.5) is 0 Å². The highest BCUT2D eigenvalue weighted by molar-refractivity contribution is 4.90. The van der Waals surface area contributed by atoms with Crippen LogP contribution in [-0.4, -0.2) is 17.8 Å². The van der Waals surface area contributed by atoms with E-state index in [9.17, 15) is 0 Å². The Hall–Kier alpha value is -0.600. The number of aliphatic hydroxyl groups excluding tert-OH is 1. The van der Waals surface area contributed by atoms with Crippen molar-refractivity contribution in [2.45, 2.75) is 83.6 Å². The molecule has 0 unspecified atom stereocenters. The van der Waals surface area contributed by atoms with Crippen LogP contribution in [0.25, 0.3) is 0 Å². The minimum Gasteiger partial charge on any atom is -0.394 e. The van der Waals surface area contributed by atoms with Gasteiger partial charge in [-0.05, 0) is 38.5 Å². The highest BCUT2D eigenvalue weighted by atomic mass is 16.3. The molecule has 0 aromatic carbocycles. The van der Waals surface area contributed by atoms with Crippen LogP contribution in [0.5, 0.6) is 0 Å². The van der Waals surface area contributed by atoms with Gasteiger partial charge in [-0.2, -0.15) is 0 Å². The summed E-state index contributed by atoms with van der Waals surface area (Å²) >= 11 is 0. The predicted molar refractivity (Wildman–Crippen MR) is 89.8 cm³/mol. The molecule has 0 aliphatic rings. The van der Waals surface area contributed by atoms with E-state index in [1.54, 1.807) is 0 Å². The monoisotopic (exact) mass is 281 g/mol. The number of allylic oxidation sites excluding steroid dienone is 3. The second-order valence-corrected chi connectivity index (χ2v) is 5.59. The lowest BCUT2D eigenvalue weighted by molar-refractivity contribution is 0.284. The third-order valence-corrected chi connectivity index (χ3v) is 3.48. The predicted octanol–water partition coefficient (Wildman–Crippen LogP) is 4.73. The van der Waals surface area contributed by atoms with E-state index in [1.165, 1.54) is 64.2 Å². The van der Waals surface area contributed by atoms with E-state index in [2.05, 4.69) is 25.2 Å². The molecule has 0 saturated heterocycles. The van der Waals surface area contributed by atoms with Crippen molar-refractivity contribution in [3.05, 3.63) is 24.3 Å². The molecule has 2 nitrogen and oxygen atoms in total.